The molecule has 2 aromatic rings. The van der Waals surface area contributed by atoms with Crippen molar-refractivity contribution in [3.63, 3.8) is 0 Å². The lowest BCUT2D eigenvalue weighted by molar-refractivity contribution is 0.223. The van der Waals surface area contributed by atoms with Crippen LogP contribution in [0.3, 0.4) is 0 Å². The smallest absolute Gasteiger partial charge is 0.264 e. The number of nitrogens with zero attached hydrogens (tertiary/aromatic N) is 3. The Kier molecular flexibility index (Phi) is 6.76. The number of rotatable bonds is 8. The summed E-state index contributed by atoms with van der Waals surface area (Å²) in [7, 11) is -4.15. The van der Waals surface area contributed by atoms with E-state index < -0.39 is 10.1 Å². The highest BCUT2D eigenvalue weighted by Gasteiger charge is 2.38. The Bertz CT molecular complexity index is 1180. The van der Waals surface area contributed by atoms with Crippen molar-refractivity contribution >= 4 is 27.7 Å². The molecule has 0 aliphatic carbocycles. The number of aryl methyl sites for hydroxylation is 1. The number of fused-ring (bicyclic) bond motifs is 2. The molecule has 2 atom stereocenters. The zero-order valence-electron chi connectivity index (χ0n) is 19.3. The predicted molar refractivity (Wildman–Crippen MR) is 132 cm³/mol. The standard InChI is InChI=1S/C25H31N3O4S/c1-4-18-11-12-24-22(17-18)28(20-9-7-8-10-23(20)32-24)21(14-16-33(29,30)31)25-26-15-13-19(5-2)27(25)6-3/h7-13,15,17,21,25H,4-6,14,16H2,1-3H3,(H,29,30,31). The highest BCUT2D eigenvalue weighted by molar-refractivity contribution is 7.85. The molecule has 0 radical (unpaired) electrons. The molecule has 1 N–H and O–H groups in total. The molecular formula is C25H31N3O4S. The molecule has 0 amide bonds. The zero-order chi connectivity index (χ0) is 23.6. The molecule has 8 heteroatoms. The Morgan fingerprint density at radius 2 is 1.82 bits per heavy atom. The van der Waals surface area contributed by atoms with E-state index in [2.05, 4.69) is 36.6 Å². The van der Waals surface area contributed by atoms with Crippen LogP contribution in [-0.2, 0) is 16.5 Å². The summed E-state index contributed by atoms with van der Waals surface area (Å²) in [6, 6.07) is 13.5. The first-order valence-corrected chi connectivity index (χ1v) is 13.1. The number of ether oxygens (including phenoxy) is 1. The Morgan fingerprint density at radius 1 is 1.06 bits per heavy atom. The molecule has 0 bridgehead atoms. The van der Waals surface area contributed by atoms with Crippen molar-refractivity contribution in [2.45, 2.75) is 52.2 Å². The Hall–Kier alpha value is -2.84. The number of hydrogen-bond donors (Lipinski definition) is 1. The van der Waals surface area contributed by atoms with Crippen molar-refractivity contribution in [3.05, 3.63) is 59.8 Å². The van der Waals surface area contributed by atoms with Crippen molar-refractivity contribution in [3.8, 4) is 11.5 Å². The third kappa shape index (κ3) is 4.77. The lowest BCUT2D eigenvalue weighted by Crippen LogP contribution is -2.51. The van der Waals surface area contributed by atoms with E-state index in [4.69, 9.17) is 9.73 Å². The minimum Gasteiger partial charge on any atom is -0.453 e. The van der Waals surface area contributed by atoms with Gasteiger partial charge in [-0.3, -0.25) is 9.55 Å². The summed E-state index contributed by atoms with van der Waals surface area (Å²) < 4.78 is 39.5. The summed E-state index contributed by atoms with van der Waals surface area (Å²) in [5, 5.41) is 0. The molecule has 2 aromatic carbocycles. The lowest BCUT2D eigenvalue weighted by Gasteiger charge is -2.45. The maximum absolute atomic E-state index is 11.8. The van der Waals surface area contributed by atoms with Crippen LogP contribution in [0.4, 0.5) is 11.4 Å². The van der Waals surface area contributed by atoms with Crippen LogP contribution in [0.5, 0.6) is 11.5 Å². The fourth-order valence-corrected chi connectivity index (χ4v) is 5.21. The van der Waals surface area contributed by atoms with E-state index in [0.29, 0.717) is 5.75 Å². The third-order valence-corrected chi connectivity index (χ3v) is 7.03. The molecule has 7 nitrogen and oxygen atoms in total. The first kappa shape index (κ1) is 23.3. The highest BCUT2D eigenvalue weighted by Crippen LogP contribution is 2.49. The largest absolute Gasteiger partial charge is 0.453 e. The maximum atomic E-state index is 11.8. The monoisotopic (exact) mass is 469 g/mol. The predicted octanol–water partition coefficient (Wildman–Crippen LogP) is 5.17. The zero-order valence-corrected chi connectivity index (χ0v) is 20.1. The minimum atomic E-state index is -4.15. The van der Waals surface area contributed by atoms with Crippen molar-refractivity contribution in [1.82, 2.24) is 4.90 Å². The van der Waals surface area contributed by atoms with Gasteiger partial charge in [0.25, 0.3) is 10.1 Å². The molecule has 2 aliphatic heterocycles. The van der Waals surface area contributed by atoms with E-state index in [1.807, 2.05) is 48.7 Å². The van der Waals surface area contributed by atoms with Crippen LogP contribution in [0.1, 0.15) is 39.2 Å². The quantitative estimate of drug-likeness (QED) is 0.538. The van der Waals surface area contributed by atoms with Crippen molar-refractivity contribution in [2.75, 3.05) is 17.2 Å². The molecule has 2 aliphatic rings. The molecule has 33 heavy (non-hydrogen) atoms. The van der Waals surface area contributed by atoms with Crippen molar-refractivity contribution in [1.29, 1.82) is 0 Å². The van der Waals surface area contributed by atoms with Gasteiger partial charge in [0, 0.05) is 18.5 Å². The maximum Gasteiger partial charge on any atom is 0.264 e. The number of para-hydroxylation sites is 2. The fraction of sp³-hybridized carbons (Fsp3) is 0.400. The molecule has 0 spiro atoms. The summed E-state index contributed by atoms with van der Waals surface area (Å²) in [5.41, 5.74) is 4.05. The second-order valence-corrected chi connectivity index (χ2v) is 9.82. The topological polar surface area (TPSA) is 82.4 Å². The Labute approximate surface area is 196 Å². The SMILES string of the molecule is CCC1=CC=NC(C(CCS(=O)(=O)O)N2c3ccccc3Oc3ccc(CC)cc32)N1CC. The van der Waals surface area contributed by atoms with E-state index in [1.165, 1.54) is 0 Å². The van der Waals surface area contributed by atoms with E-state index >= 15 is 0 Å². The Morgan fingerprint density at radius 3 is 2.52 bits per heavy atom. The number of anilines is 2. The van der Waals surface area contributed by atoms with Gasteiger partial charge in [-0.25, -0.2) is 0 Å². The first-order valence-electron chi connectivity index (χ1n) is 11.5. The average Bonchev–Trinajstić information content (AvgIpc) is 2.82. The summed E-state index contributed by atoms with van der Waals surface area (Å²) in [5.74, 6) is 1.08. The van der Waals surface area contributed by atoms with Crippen molar-refractivity contribution in [2.24, 2.45) is 4.99 Å². The van der Waals surface area contributed by atoms with E-state index in [1.54, 1.807) is 0 Å². The van der Waals surface area contributed by atoms with Crippen LogP contribution in [-0.4, -0.2) is 48.6 Å². The average molecular weight is 470 g/mol. The number of hydrogen-bond acceptors (Lipinski definition) is 6. The van der Waals surface area contributed by atoms with Crippen LogP contribution in [0, 0.1) is 0 Å². The van der Waals surface area contributed by atoms with Gasteiger partial charge >= 0.3 is 0 Å². The van der Waals surface area contributed by atoms with Crippen LogP contribution in [0.15, 0.2) is 59.2 Å². The minimum absolute atomic E-state index is 0.207. The number of aliphatic imine (C=N–C) groups is 1. The molecule has 176 valence electrons. The number of likely N-dealkylation sites (N-methyl/N-ethyl adjacent to an activating group) is 1. The number of benzene rings is 2. The van der Waals surface area contributed by atoms with Crippen LogP contribution < -0.4 is 9.64 Å². The Balaban J connectivity index is 1.88. The molecule has 0 fully saturated rings. The molecule has 2 unspecified atom stereocenters. The van der Waals surface area contributed by atoms with Gasteiger partial charge in [-0.1, -0.05) is 32.0 Å². The molecule has 4 rings (SSSR count). The lowest BCUT2D eigenvalue weighted by atomic mass is 10.0. The van der Waals surface area contributed by atoms with Crippen LogP contribution >= 0.6 is 0 Å². The van der Waals surface area contributed by atoms with Gasteiger partial charge in [-0.2, -0.15) is 8.42 Å². The number of allylic oxidation sites excluding steroid dienone is 2. The second kappa shape index (κ2) is 9.57. The van der Waals surface area contributed by atoms with Gasteiger partial charge in [0.15, 0.2) is 11.5 Å². The van der Waals surface area contributed by atoms with Gasteiger partial charge in [0.2, 0.25) is 0 Å². The molecular weight excluding hydrogens is 438 g/mol. The van der Waals surface area contributed by atoms with Gasteiger partial charge < -0.3 is 14.5 Å². The fourth-order valence-electron chi connectivity index (χ4n) is 4.67. The van der Waals surface area contributed by atoms with Crippen molar-refractivity contribution < 1.29 is 17.7 Å². The van der Waals surface area contributed by atoms with Gasteiger partial charge in [0.1, 0.15) is 6.17 Å². The summed E-state index contributed by atoms with van der Waals surface area (Å²) in [6.45, 7) is 7.01. The van der Waals surface area contributed by atoms with Crippen LogP contribution in [0.25, 0.3) is 0 Å². The summed E-state index contributed by atoms with van der Waals surface area (Å²) in [4.78, 5) is 9.18. The van der Waals surface area contributed by atoms with E-state index in [9.17, 15) is 13.0 Å². The van der Waals surface area contributed by atoms with E-state index in [0.717, 1.165) is 47.8 Å². The van der Waals surface area contributed by atoms with Crippen LogP contribution in [0.2, 0.25) is 0 Å². The summed E-state index contributed by atoms with van der Waals surface area (Å²) >= 11 is 0. The van der Waals surface area contributed by atoms with Gasteiger partial charge in [-0.15, -0.1) is 0 Å². The molecule has 2 heterocycles. The molecule has 0 saturated heterocycles. The first-order chi connectivity index (χ1) is 15.9. The van der Waals surface area contributed by atoms with E-state index in [-0.39, 0.29) is 24.4 Å². The van der Waals surface area contributed by atoms with Gasteiger partial charge in [0.05, 0.1) is 23.2 Å². The summed E-state index contributed by atoms with van der Waals surface area (Å²) in [6.07, 6.45) is 5.42. The second-order valence-electron chi connectivity index (χ2n) is 8.25. The highest BCUT2D eigenvalue weighted by atomic mass is 32.2. The normalized spacial score (nSPS) is 18.3. The molecule has 0 aromatic heterocycles. The molecule has 0 saturated carbocycles. The van der Waals surface area contributed by atoms with Gasteiger partial charge in [-0.05, 0) is 62.1 Å². The third-order valence-electron chi connectivity index (χ3n) is 6.28.